The first kappa shape index (κ1) is 43.1. The van der Waals surface area contributed by atoms with E-state index >= 15 is 0 Å². The smallest absolute Gasteiger partial charge is 0.321 e. The maximum atomic E-state index is 14.8. The summed E-state index contributed by atoms with van der Waals surface area (Å²) in [4.78, 5) is 54.1. The van der Waals surface area contributed by atoms with Crippen LogP contribution in [0.25, 0.3) is 0 Å². The molecule has 11 heteroatoms. The van der Waals surface area contributed by atoms with Crippen molar-refractivity contribution in [1.82, 2.24) is 15.5 Å². The molecule has 58 heavy (non-hydrogen) atoms. The Morgan fingerprint density at radius 2 is 1.78 bits per heavy atom. The number of aliphatic hydroxyl groups excluding tert-OH is 1. The molecule has 2 amide bonds. The van der Waals surface area contributed by atoms with Gasteiger partial charge in [-0.25, -0.2) is 0 Å². The van der Waals surface area contributed by atoms with Crippen LogP contribution in [0.2, 0.25) is 5.02 Å². The highest BCUT2D eigenvalue weighted by Crippen LogP contribution is 2.47. The van der Waals surface area contributed by atoms with Crippen molar-refractivity contribution in [3.8, 4) is 0 Å². The van der Waals surface area contributed by atoms with Crippen LogP contribution in [0.4, 0.5) is 0 Å². The van der Waals surface area contributed by atoms with Gasteiger partial charge in [-0.05, 0) is 118 Å². The van der Waals surface area contributed by atoms with Gasteiger partial charge >= 0.3 is 5.97 Å². The molecule has 4 aliphatic rings. The van der Waals surface area contributed by atoms with Gasteiger partial charge in [-0.15, -0.1) is 0 Å². The number of carboxylic acids is 1. The summed E-state index contributed by atoms with van der Waals surface area (Å²) in [5, 5.41) is 28.2. The van der Waals surface area contributed by atoms with E-state index in [9.17, 15) is 29.4 Å². The zero-order valence-electron chi connectivity index (χ0n) is 33.5. The number of Topliss-reactive ketones (excluding diaryl/α,β-unsaturated/α-hetero) is 1. The number of carboxylic acid groups (broad SMARTS) is 1. The number of benzene rings is 2. The minimum Gasteiger partial charge on any atom is -0.486 e. The number of carbonyl (C=O) groups is 4. The number of allylic oxidation sites excluding steroid dienone is 6. The second-order valence-electron chi connectivity index (χ2n) is 16.5. The number of likely N-dealkylation sites (tertiary alicyclic amines) is 1. The number of carbonyl (C=O) groups excluding carboxylic acids is 3. The van der Waals surface area contributed by atoms with Gasteiger partial charge in [0.25, 0.3) is 0 Å². The Kier molecular flexibility index (Phi) is 15.2. The summed E-state index contributed by atoms with van der Waals surface area (Å²) in [6, 6.07) is 16.3. The fourth-order valence-corrected chi connectivity index (χ4v) is 9.40. The SMILES string of the molecule is CC(=O)NCCC1(C(O)NC(CC2=CC=C(N3C(=O)C(Cc4ccccc4)CC(CCC(=O)COC4=CCCC=C4)C3c3ccc(Cl)cc3)CC2)C(=O)O)CCCC1. The zero-order valence-corrected chi connectivity index (χ0v) is 34.3. The minimum absolute atomic E-state index is 0.00456. The van der Waals surface area contributed by atoms with E-state index in [4.69, 9.17) is 16.3 Å². The highest BCUT2D eigenvalue weighted by molar-refractivity contribution is 6.30. The maximum absolute atomic E-state index is 14.8. The molecule has 310 valence electrons. The molecule has 0 bridgehead atoms. The lowest BCUT2D eigenvalue weighted by Crippen LogP contribution is -2.52. The lowest BCUT2D eigenvalue weighted by Gasteiger charge is -2.46. The summed E-state index contributed by atoms with van der Waals surface area (Å²) in [5.41, 5.74) is 3.27. The Labute approximate surface area is 347 Å². The lowest BCUT2D eigenvalue weighted by molar-refractivity contribution is -0.143. The monoisotopic (exact) mass is 811 g/mol. The molecule has 1 saturated carbocycles. The number of ether oxygens (including phenoxy) is 1. The van der Waals surface area contributed by atoms with Crippen molar-refractivity contribution in [1.29, 1.82) is 0 Å². The van der Waals surface area contributed by atoms with Crippen LogP contribution in [0.15, 0.2) is 102 Å². The molecule has 1 heterocycles. The molecule has 0 radical (unpaired) electrons. The predicted octanol–water partition coefficient (Wildman–Crippen LogP) is 8.13. The molecule has 6 rings (SSSR count). The zero-order chi connectivity index (χ0) is 41.1. The number of hydrogen-bond acceptors (Lipinski definition) is 7. The van der Waals surface area contributed by atoms with Gasteiger partial charge in [-0.3, -0.25) is 24.5 Å². The normalized spacial score (nSPS) is 22.7. The molecular formula is C47H58ClN3O7. The fraction of sp³-hybridized carbons (Fsp3) is 0.489. The van der Waals surface area contributed by atoms with E-state index in [0.717, 1.165) is 66.7 Å². The van der Waals surface area contributed by atoms with E-state index in [-0.39, 0.29) is 48.5 Å². The lowest BCUT2D eigenvalue weighted by atomic mass is 9.74. The summed E-state index contributed by atoms with van der Waals surface area (Å²) in [7, 11) is 0. The van der Waals surface area contributed by atoms with Gasteiger partial charge in [0.2, 0.25) is 11.8 Å². The number of ketones is 1. The molecule has 2 aromatic carbocycles. The molecule has 1 aliphatic heterocycles. The first-order valence-corrected chi connectivity index (χ1v) is 21.3. The van der Waals surface area contributed by atoms with Gasteiger partial charge in [0.1, 0.15) is 24.6 Å². The molecule has 2 aromatic rings. The summed E-state index contributed by atoms with van der Waals surface area (Å²) >= 11 is 6.36. The molecule has 10 nitrogen and oxygen atoms in total. The first-order valence-electron chi connectivity index (χ1n) is 20.9. The van der Waals surface area contributed by atoms with E-state index in [0.29, 0.717) is 56.5 Å². The molecular weight excluding hydrogens is 754 g/mol. The summed E-state index contributed by atoms with van der Waals surface area (Å²) in [6.07, 6.45) is 18.0. The van der Waals surface area contributed by atoms with E-state index in [1.54, 1.807) is 0 Å². The van der Waals surface area contributed by atoms with Gasteiger partial charge in [0, 0.05) is 41.9 Å². The molecule has 5 atom stereocenters. The van der Waals surface area contributed by atoms with Crippen LogP contribution in [0.5, 0.6) is 0 Å². The molecule has 4 N–H and O–H groups in total. The van der Waals surface area contributed by atoms with Crippen LogP contribution in [0.3, 0.4) is 0 Å². The number of halogens is 1. The summed E-state index contributed by atoms with van der Waals surface area (Å²) in [5.74, 6) is -0.745. The third kappa shape index (κ3) is 11.4. The third-order valence-corrected chi connectivity index (χ3v) is 12.7. The van der Waals surface area contributed by atoms with Gasteiger partial charge < -0.3 is 25.2 Å². The van der Waals surface area contributed by atoms with Crippen molar-refractivity contribution >= 4 is 35.2 Å². The first-order chi connectivity index (χ1) is 28.0. The van der Waals surface area contributed by atoms with Crippen molar-refractivity contribution in [3.05, 3.63) is 118 Å². The largest absolute Gasteiger partial charge is 0.486 e. The van der Waals surface area contributed by atoms with E-state index in [1.165, 1.54) is 6.92 Å². The average molecular weight is 812 g/mol. The minimum atomic E-state index is -1.04. The second-order valence-corrected chi connectivity index (χ2v) is 16.9. The number of amides is 2. The number of rotatable bonds is 19. The van der Waals surface area contributed by atoms with Crippen LogP contribution in [0.1, 0.15) is 108 Å². The van der Waals surface area contributed by atoms with Crippen molar-refractivity contribution < 1.29 is 34.1 Å². The Hall–Kier alpha value is -4.51. The standard InChI is InChI=1S/C47H58ClN3O7/c1-32(52)49-27-26-47(24-8-9-25-47)46(57)50-42(45(55)56)29-34-14-21-39(22-15-34)51-43(35-16-19-38(48)20-17-35)36(18-23-40(53)31-58-41-12-6-3-7-13-41)30-37(44(51)54)28-33-10-4-2-5-11-33/h2,4-6,10-14,16-17,19-21,36-37,42-43,46,50,57H,3,7-9,15,18,22-31H2,1H3,(H,49,52)(H,55,56). The highest BCUT2D eigenvalue weighted by atomic mass is 35.5. The third-order valence-electron chi connectivity index (χ3n) is 12.4. The number of aliphatic hydroxyl groups is 1. The van der Waals surface area contributed by atoms with Gasteiger partial charge in [0.05, 0.1) is 6.04 Å². The van der Waals surface area contributed by atoms with Crippen molar-refractivity contribution in [2.75, 3.05) is 13.2 Å². The van der Waals surface area contributed by atoms with E-state index in [2.05, 4.69) is 10.6 Å². The van der Waals surface area contributed by atoms with E-state index in [1.807, 2.05) is 89.9 Å². The van der Waals surface area contributed by atoms with Gasteiger partial charge in [0.15, 0.2) is 5.78 Å². The van der Waals surface area contributed by atoms with Crippen LogP contribution in [0, 0.1) is 17.3 Å². The summed E-state index contributed by atoms with van der Waals surface area (Å²) < 4.78 is 5.83. The Morgan fingerprint density at radius 3 is 2.43 bits per heavy atom. The van der Waals surface area contributed by atoms with Crippen molar-refractivity contribution in [2.24, 2.45) is 17.3 Å². The van der Waals surface area contributed by atoms with Crippen molar-refractivity contribution in [3.63, 3.8) is 0 Å². The topological polar surface area (TPSA) is 145 Å². The highest BCUT2D eigenvalue weighted by Gasteiger charge is 2.45. The Morgan fingerprint density at radius 1 is 1.02 bits per heavy atom. The van der Waals surface area contributed by atoms with Gasteiger partial charge in [-0.2, -0.15) is 0 Å². The Bertz CT molecular complexity index is 1880. The molecule has 3 aliphatic carbocycles. The van der Waals surface area contributed by atoms with Crippen LogP contribution < -0.4 is 10.6 Å². The van der Waals surface area contributed by atoms with Crippen LogP contribution >= 0.6 is 11.6 Å². The number of aliphatic carboxylic acids is 1. The van der Waals surface area contributed by atoms with Gasteiger partial charge in [-0.1, -0.05) is 84.6 Å². The second kappa shape index (κ2) is 20.5. The summed E-state index contributed by atoms with van der Waals surface area (Å²) in [6.45, 7) is 1.89. The number of hydrogen-bond donors (Lipinski definition) is 4. The Balaban J connectivity index is 1.23. The number of nitrogens with zero attached hydrogens (tertiary/aromatic N) is 1. The fourth-order valence-electron chi connectivity index (χ4n) is 9.28. The molecule has 0 aromatic heterocycles. The predicted molar refractivity (Wildman–Crippen MR) is 224 cm³/mol. The maximum Gasteiger partial charge on any atom is 0.321 e. The average Bonchev–Trinajstić information content (AvgIpc) is 3.71. The molecule has 2 fully saturated rings. The molecule has 5 unspecified atom stereocenters. The van der Waals surface area contributed by atoms with Crippen LogP contribution in [-0.2, 0) is 30.3 Å². The van der Waals surface area contributed by atoms with Crippen LogP contribution in [-0.4, -0.2) is 64.1 Å². The molecule has 0 spiro atoms. The number of piperidine rings is 1. The quantitative estimate of drug-likeness (QED) is 0.104. The van der Waals surface area contributed by atoms with E-state index < -0.39 is 23.7 Å². The van der Waals surface area contributed by atoms with Crippen molar-refractivity contribution in [2.45, 2.75) is 115 Å². The number of nitrogens with one attached hydrogen (secondary N) is 2. The molecule has 1 saturated heterocycles.